The van der Waals surface area contributed by atoms with E-state index in [2.05, 4.69) is 10.5 Å². The van der Waals surface area contributed by atoms with E-state index in [0.29, 0.717) is 5.57 Å². The molecule has 1 aromatic rings. The Bertz CT molecular complexity index is 755. The number of aryl methyl sites for hydroxylation is 3. The Morgan fingerprint density at radius 2 is 1.92 bits per heavy atom. The van der Waals surface area contributed by atoms with Crippen molar-refractivity contribution < 1.29 is 19.5 Å². The van der Waals surface area contributed by atoms with E-state index in [1.54, 1.807) is 0 Å². The van der Waals surface area contributed by atoms with Crippen LogP contribution in [0.15, 0.2) is 23.0 Å². The molecule has 0 bridgehead atoms. The number of ketones is 1. The summed E-state index contributed by atoms with van der Waals surface area (Å²) >= 11 is 0. The molecule has 0 fully saturated rings. The van der Waals surface area contributed by atoms with Crippen molar-refractivity contribution in [3.8, 4) is 0 Å². The van der Waals surface area contributed by atoms with E-state index in [1.165, 1.54) is 14.0 Å². The van der Waals surface area contributed by atoms with Gasteiger partial charge in [-0.15, -0.1) is 0 Å². The van der Waals surface area contributed by atoms with Crippen molar-refractivity contribution in [1.82, 2.24) is 5.32 Å². The average molecular weight is 344 g/mol. The van der Waals surface area contributed by atoms with E-state index in [-0.39, 0.29) is 36.1 Å². The number of rotatable bonds is 4. The molecule has 0 spiro atoms. The summed E-state index contributed by atoms with van der Waals surface area (Å²) < 4.78 is 0. The molecule has 2 rings (SSSR count). The van der Waals surface area contributed by atoms with E-state index in [1.807, 2.05) is 32.9 Å². The maximum atomic E-state index is 12.6. The minimum atomic E-state index is -0.427. The number of amides is 1. The summed E-state index contributed by atoms with van der Waals surface area (Å²) in [6, 6.07) is 4.00. The molecule has 0 saturated heterocycles. The highest BCUT2D eigenvalue weighted by molar-refractivity contribution is 6.24. The quantitative estimate of drug-likeness (QED) is 0.499. The molecule has 0 heterocycles. The van der Waals surface area contributed by atoms with Crippen molar-refractivity contribution in [2.45, 2.75) is 40.5 Å². The van der Waals surface area contributed by atoms with Gasteiger partial charge < -0.3 is 15.3 Å². The lowest BCUT2D eigenvalue weighted by Crippen LogP contribution is -2.30. The molecule has 6 heteroatoms. The van der Waals surface area contributed by atoms with Crippen LogP contribution in [0.4, 0.5) is 0 Å². The molecule has 1 unspecified atom stereocenters. The molecule has 134 valence electrons. The lowest BCUT2D eigenvalue weighted by molar-refractivity contribution is -0.117. The first-order valence-corrected chi connectivity index (χ1v) is 8.16. The first-order valence-electron chi connectivity index (χ1n) is 8.16. The van der Waals surface area contributed by atoms with Crippen molar-refractivity contribution in [3.05, 3.63) is 40.1 Å². The van der Waals surface area contributed by atoms with Gasteiger partial charge in [0.1, 0.15) is 18.7 Å². The largest absolute Gasteiger partial charge is 0.511 e. The molecule has 1 atom stereocenters. The van der Waals surface area contributed by atoms with Crippen LogP contribution < -0.4 is 5.32 Å². The van der Waals surface area contributed by atoms with Gasteiger partial charge in [-0.25, -0.2) is 0 Å². The van der Waals surface area contributed by atoms with Crippen LogP contribution in [0.2, 0.25) is 0 Å². The topological polar surface area (TPSA) is 88.0 Å². The van der Waals surface area contributed by atoms with Gasteiger partial charge in [-0.1, -0.05) is 22.9 Å². The Kier molecular flexibility index (Phi) is 5.62. The monoisotopic (exact) mass is 344 g/mol. The van der Waals surface area contributed by atoms with E-state index < -0.39 is 5.92 Å². The van der Waals surface area contributed by atoms with Gasteiger partial charge in [0.25, 0.3) is 0 Å². The number of Topliss-reactive ketones (excluding diaryl/α,β-unsaturated/α-hetero) is 1. The summed E-state index contributed by atoms with van der Waals surface area (Å²) in [6.45, 7) is 7.24. The van der Waals surface area contributed by atoms with E-state index in [4.69, 9.17) is 4.84 Å². The molecule has 2 N–H and O–H groups in total. The van der Waals surface area contributed by atoms with Crippen LogP contribution in [0.25, 0.3) is 5.57 Å². The fourth-order valence-corrected chi connectivity index (χ4v) is 3.44. The van der Waals surface area contributed by atoms with Gasteiger partial charge in [-0.05, 0) is 37.5 Å². The SMILES string of the molecule is CON=C(CC1CC(=O)C(c2c(C)cc(C)cc2C)=C1O)NC(C)=O. The molecule has 0 aromatic heterocycles. The van der Waals surface area contributed by atoms with Crippen LogP contribution in [-0.4, -0.2) is 29.7 Å². The highest BCUT2D eigenvalue weighted by atomic mass is 16.6. The Hall–Kier alpha value is -2.63. The van der Waals surface area contributed by atoms with E-state index >= 15 is 0 Å². The number of carbonyl (C=O) groups is 2. The Morgan fingerprint density at radius 1 is 1.32 bits per heavy atom. The van der Waals surface area contributed by atoms with Gasteiger partial charge in [0.15, 0.2) is 5.78 Å². The fourth-order valence-electron chi connectivity index (χ4n) is 3.44. The molecule has 6 nitrogen and oxygen atoms in total. The number of benzene rings is 1. The molecular weight excluding hydrogens is 320 g/mol. The minimum absolute atomic E-state index is 0.0502. The first kappa shape index (κ1) is 18.7. The van der Waals surface area contributed by atoms with Crippen LogP contribution in [0.5, 0.6) is 0 Å². The number of nitrogens with one attached hydrogen (secondary N) is 1. The Balaban J connectivity index is 2.39. The third-order valence-electron chi connectivity index (χ3n) is 4.24. The third-order valence-corrected chi connectivity index (χ3v) is 4.24. The number of hydrogen-bond donors (Lipinski definition) is 2. The molecule has 1 aromatic carbocycles. The number of nitrogens with zero attached hydrogens (tertiary/aromatic N) is 1. The lowest BCUT2D eigenvalue weighted by atomic mass is 9.92. The Labute approximate surface area is 147 Å². The van der Waals surface area contributed by atoms with Gasteiger partial charge in [0.2, 0.25) is 5.91 Å². The van der Waals surface area contributed by atoms with Gasteiger partial charge in [-0.2, -0.15) is 0 Å². The maximum absolute atomic E-state index is 12.6. The normalized spacial score (nSPS) is 17.9. The molecule has 1 amide bonds. The molecule has 0 saturated carbocycles. The smallest absolute Gasteiger partial charge is 0.222 e. The summed E-state index contributed by atoms with van der Waals surface area (Å²) in [4.78, 5) is 28.6. The van der Waals surface area contributed by atoms with Crippen molar-refractivity contribution in [3.63, 3.8) is 0 Å². The molecule has 0 radical (unpaired) electrons. The van der Waals surface area contributed by atoms with Crippen molar-refractivity contribution in [2.24, 2.45) is 11.1 Å². The molecule has 25 heavy (non-hydrogen) atoms. The Morgan fingerprint density at radius 3 is 2.44 bits per heavy atom. The van der Waals surface area contributed by atoms with Crippen LogP contribution in [-0.2, 0) is 14.4 Å². The molecular formula is C19H24N2O4. The zero-order chi connectivity index (χ0) is 18.7. The lowest BCUT2D eigenvalue weighted by Gasteiger charge is -2.13. The summed E-state index contributed by atoms with van der Waals surface area (Å²) in [6.07, 6.45) is 0.398. The third kappa shape index (κ3) is 4.07. The zero-order valence-electron chi connectivity index (χ0n) is 15.3. The summed E-state index contributed by atoms with van der Waals surface area (Å²) in [5, 5.41) is 17.0. The van der Waals surface area contributed by atoms with E-state index in [9.17, 15) is 14.7 Å². The summed E-state index contributed by atoms with van der Waals surface area (Å²) in [7, 11) is 1.38. The van der Waals surface area contributed by atoms with Gasteiger partial charge in [-0.3, -0.25) is 9.59 Å². The minimum Gasteiger partial charge on any atom is -0.511 e. The molecule has 1 aliphatic rings. The summed E-state index contributed by atoms with van der Waals surface area (Å²) in [5.74, 6) is -0.471. The number of oxime groups is 1. The second-order valence-corrected chi connectivity index (χ2v) is 6.46. The van der Waals surface area contributed by atoms with Crippen molar-refractivity contribution >= 4 is 23.1 Å². The number of carbonyl (C=O) groups excluding carboxylic acids is 2. The number of aliphatic hydroxyl groups is 1. The number of aliphatic hydroxyl groups excluding tert-OH is 1. The highest BCUT2D eigenvalue weighted by Crippen LogP contribution is 2.38. The number of allylic oxidation sites excluding steroid dienone is 2. The number of amidine groups is 1. The maximum Gasteiger partial charge on any atom is 0.222 e. The zero-order valence-corrected chi connectivity index (χ0v) is 15.3. The van der Waals surface area contributed by atoms with Crippen molar-refractivity contribution in [2.75, 3.05) is 7.11 Å². The molecule has 1 aliphatic carbocycles. The highest BCUT2D eigenvalue weighted by Gasteiger charge is 2.35. The average Bonchev–Trinajstić information content (AvgIpc) is 2.73. The standard InChI is InChI=1S/C19H24N2O4/c1-10-6-11(2)17(12(3)7-10)18-15(23)8-14(19(18)24)9-16(21-25-5)20-13(4)22/h6-7,14,24H,8-9H2,1-5H3,(H,20,21,22). The van der Waals surface area contributed by atoms with Crippen LogP contribution in [0.3, 0.4) is 0 Å². The first-order chi connectivity index (χ1) is 11.7. The van der Waals surface area contributed by atoms with Gasteiger partial charge >= 0.3 is 0 Å². The van der Waals surface area contributed by atoms with Gasteiger partial charge in [0, 0.05) is 25.7 Å². The predicted molar refractivity (Wildman–Crippen MR) is 96.2 cm³/mol. The predicted octanol–water partition coefficient (Wildman–Crippen LogP) is 2.96. The molecule has 0 aliphatic heterocycles. The number of hydrogen-bond acceptors (Lipinski definition) is 5. The fraction of sp³-hybridized carbons (Fsp3) is 0.421. The second-order valence-electron chi connectivity index (χ2n) is 6.46. The van der Waals surface area contributed by atoms with E-state index in [0.717, 1.165) is 22.3 Å². The van der Waals surface area contributed by atoms with Crippen LogP contribution in [0.1, 0.15) is 42.0 Å². The van der Waals surface area contributed by atoms with Gasteiger partial charge in [0.05, 0.1) is 5.57 Å². The second kappa shape index (κ2) is 7.51. The summed E-state index contributed by atoms with van der Waals surface area (Å²) in [5.41, 5.74) is 4.20. The van der Waals surface area contributed by atoms with Crippen LogP contribution in [0, 0.1) is 26.7 Å². The van der Waals surface area contributed by atoms with Crippen LogP contribution >= 0.6 is 0 Å². The van der Waals surface area contributed by atoms with Crippen molar-refractivity contribution in [1.29, 1.82) is 0 Å².